The largest absolute Gasteiger partial charge is 0.375 e. The number of carbonyl (C=O) groups is 2. The number of hydrogen-bond donors (Lipinski definition) is 1. The average Bonchev–Trinajstić information content (AvgIpc) is 2.52. The number of Topliss-reactive ketones (excluding diaryl/α,β-unsaturated/α-hetero) is 1. The number of para-hydroxylation sites is 1. The molecule has 0 saturated carbocycles. The normalized spacial score (nSPS) is 21.9. The Bertz CT molecular complexity index is 524. The van der Waals surface area contributed by atoms with Crippen molar-refractivity contribution in [2.24, 2.45) is 0 Å². The molecule has 1 aromatic rings. The Kier molecular flexibility index (Phi) is 3.05. The van der Waals surface area contributed by atoms with Gasteiger partial charge in [-0.25, -0.2) is 0 Å². The van der Waals surface area contributed by atoms with Gasteiger partial charge < -0.3 is 10.0 Å². The number of benzene rings is 1. The van der Waals surface area contributed by atoms with Crippen molar-refractivity contribution in [3.63, 3.8) is 0 Å². The zero-order valence-corrected chi connectivity index (χ0v) is 10.2. The van der Waals surface area contributed by atoms with E-state index in [1.807, 2.05) is 0 Å². The second-order valence-electron chi connectivity index (χ2n) is 4.46. The molecule has 18 heavy (non-hydrogen) atoms. The maximum atomic E-state index is 12.3. The Morgan fingerprint density at radius 1 is 1.50 bits per heavy atom. The number of rotatable bonds is 4. The van der Waals surface area contributed by atoms with E-state index in [0.29, 0.717) is 17.8 Å². The lowest BCUT2D eigenvalue weighted by molar-refractivity contribution is -0.141. The van der Waals surface area contributed by atoms with E-state index in [1.165, 1.54) is 11.8 Å². The van der Waals surface area contributed by atoms with E-state index < -0.39 is 11.5 Å². The first kappa shape index (κ1) is 12.5. The first-order valence-corrected chi connectivity index (χ1v) is 5.75. The fourth-order valence-corrected chi connectivity index (χ4v) is 2.35. The van der Waals surface area contributed by atoms with Crippen molar-refractivity contribution in [3.05, 3.63) is 42.5 Å². The summed E-state index contributed by atoms with van der Waals surface area (Å²) in [6.07, 6.45) is 1.39. The van der Waals surface area contributed by atoms with E-state index in [-0.39, 0.29) is 12.2 Å². The van der Waals surface area contributed by atoms with Gasteiger partial charge in [-0.2, -0.15) is 0 Å². The van der Waals surface area contributed by atoms with Crippen molar-refractivity contribution in [2.45, 2.75) is 18.9 Å². The molecule has 0 spiro atoms. The van der Waals surface area contributed by atoms with Gasteiger partial charge in [0, 0.05) is 18.5 Å². The van der Waals surface area contributed by atoms with Crippen LogP contribution in [0.1, 0.15) is 18.9 Å². The summed E-state index contributed by atoms with van der Waals surface area (Å²) in [6.45, 7) is 5.28. The first-order valence-electron chi connectivity index (χ1n) is 5.75. The van der Waals surface area contributed by atoms with E-state index in [4.69, 9.17) is 0 Å². The van der Waals surface area contributed by atoms with Crippen molar-refractivity contribution in [2.75, 3.05) is 11.4 Å². The topological polar surface area (TPSA) is 57.6 Å². The molecular formula is C14H15NO3. The molecule has 0 aromatic heterocycles. The number of amides is 1. The van der Waals surface area contributed by atoms with Gasteiger partial charge in [-0.1, -0.05) is 24.3 Å². The lowest BCUT2D eigenvalue weighted by Gasteiger charge is -2.21. The molecule has 1 aliphatic rings. The van der Waals surface area contributed by atoms with E-state index in [2.05, 4.69) is 6.58 Å². The predicted molar refractivity (Wildman–Crippen MR) is 68.2 cm³/mol. The van der Waals surface area contributed by atoms with E-state index in [9.17, 15) is 14.7 Å². The molecule has 1 amide bonds. The van der Waals surface area contributed by atoms with Crippen LogP contribution in [0, 0.1) is 0 Å². The molecule has 1 N–H and O–H groups in total. The van der Waals surface area contributed by atoms with Crippen LogP contribution in [0.4, 0.5) is 5.69 Å². The highest BCUT2D eigenvalue weighted by Gasteiger charge is 2.49. The summed E-state index contributed by atoms with van der Waals surface area (Å²) in [4.78, 5) is 25.0. The quantitative estimate of drug-likeness (QED) is 0.815. The van der Waals surface area contributed by atoms with Gasteiger partial charge in [0.15, 0.2) is 5.60 Å². The second kappa shape index (κ2) is 4.38. The van der Waals surface area contributed by atoms with E-state index in [0.717, 1.165) is 0 Å². The summed E-state index contributed by atoms with van der Waals surface area (Å²) >= 11 is 0. The highest BCUT2D eigenvalue weighted by Crippen LogP contribution is 2.42. The molecule has 0 saturated heterocycles. The molecule has 0 aliphatic carbocycles. The molecule has 2 rings (SSSR count). The summed E-state index contributed by atoms with van der Waals surface area (Å²) in [6, 6.07) is 6.98. The average molecular weight is 245 g/mol. The highest BCUT2D eigenvalue weighted by atomic mass is 16.3. The Balaban J connectivity index is 2.54. The van der Waals surface area contributed by atoms with Crippen LogP contribution in [0.15, 0.2) is 36.9 Å². The number of carbonyl (C=O) groups excluding carboxylic acids is 2. The van der Waals surface area contributed by atoms with Crippen molar-refractivity contribution in [1.82, 2.24) is 0 Å². The van der Waals surface area contributed by atoms with Crippen molar-refractivity contribution >= 4 is 17.4 Å². The number of hydrogen-bond acceptors (Lipinski definition) is 3. The van der Waals surface area contributed by atoms with E-state index in [1.54, 1.807) is 30.3 Å². The fourth-order valence-electron chi connectivity index (χ4n) is 2.35. The number of nitrogens with zero attached hydrogens (tertiary/aromatic N) is 1. The van der Waals surface area contributed by atoms with Crippen LogP contribution in [0.5, 0.6) is 0 Å². The summed E-state index contributed by atoms with van der Waals surface area (Å²) < 4.78 is 0. The molecule has 4 heteroatoms. The summed E-state index contributed by atoms with van der Waals surface area (Å²) in [7, 11) is 0. The summed E-state index contributed by atoms with van der Waals surface area (Å²) in [5, 5.41) is 10.5. The van der Waals surface area contributed by atoms with Crippen LogP contribution in [0.3, 0.4) is 0 Å². The predicted octanol–water partition coefficient (Wildman–Crippen LogP) is 1.39. The van der Waals surface area contributed by atoms with Gasteiger partial charge in [0.05, 0.1) is 5.69 Å². The smallest absolute Gasteiger partial charge is 0.264 e. The Morgan fingerprint density at radius 3 is 2.78 bits per heavy atom. The Morgan fingerprint density at radius 2 is 2.17 bits per heavy atom. The van der Waals surface area contributed by atoms with E-state index >= 15 is 0 Å². The minimum atomic E-state index is -1.73. The lowest BCUT2D eigenvalue weighted by Crippen LogP contribution is -2.41. The molecule has 4 nitrogen and oxygen atoms in total. The molecule has 1 aromatic carbocycles. The molecule has 1 heterocycles. The molecule has 94 valence electrons. The number of anilines is 1. The SMILES string of the molecule is C=CCN1C(=O)[C@](O)(CC(C)=O)c2ccccc21. The Labute approximate surface area is 106 Å². The van der Waals surface area contributed by atoms with Gasteiger partial charge in [0.1, 0.15) is 5.78 Å². The maximum absolute atomic E-state index is 12.3. The molecule has 1 aliphatic heterocycles. The zero-order chi connectivity index (χ0) is 13.3. The third kappa shape index (κ3) is 1.75. The first-order chi connectivity index (χ1) is 8.50. The minimum Gasteiger partial charge on any atom is -0.375 e. The van der Waals surface area contributed by atoms with Crippen LogP contribution >= 0.6 is 0 Å². The minimum absolute atomic E-state index is 0.198. The molecule has 0 radical (unpaired) electrons. The van der Waals surface area contributed by atoms with Gasteiger partial charge in [0.25, 0.3) is 5.91 Å². The van der Waals surface area contributed by atoms with Crippen LogP contribution in [0.2, 0.25) is 0 Å². The third-order valence-electron chi connectivity index (χ3n) is 3.06. The lowest BCUT2D eigenvalue weighted by atomic mass is 9.90. The molecule has 1 atom stereocenters. The third-order valence-corrected chi connectivity index (χ3v) is 3.06. The standard InChI is InChI=1S/C14H15NO3/c1-3-8-15-12-7-5-4-6-11(12)14(18,13(15)17)9-10(2)16/h3-7,18H,1,8-9H2,2H3/t14-/m0/s1. The van der Waals surface area contributed by atoms with Crippen molar-refractivity contribution in [3.8, 4) is 0 Å². The van der Waals surface area contributed by atoms with Gasteiger partial charge >= 0.3 is 0 Å². The highest BCUT2D eigenvalue weighted by molar-refractivity contribution is 6.08. The van der Waals surface area contributed by atoms with Crippen LogP contribution < -0.4 is 4.90 Å². The van der Waals surface area contributed by atoms with Crippen molar-refractivity contribution < 1.29 is 14.7 Å². The van der Waals surface area contributed by atoms with Crippen LogP contribution in [-0.2, 0) is 15.2 Å². The van der Waals surface area contributed by atoms with Crippen LogP contribution in [0.25, 0.3) is 0 Å². The molecule has 0 fully saturated rings. The Hall–Kier alpha value is -1.94. The van der Waals surface area contributed by atoms with Gasteiger partial charge in [-0.15, -0.1) is 6.58 Å². The maximum Gasteiger partial charge on any atom is 0.264 e. The van der Waals surface area contributed by atoms with Crippen molar-refractivity contribution in [1.29, 1.82) is 0 Å². The number of ketones is 1. The fraction of sp³-hybridized carbons (Fsp3) is 0.286. The molecular weight excluding hydrogens is 230 g/mol. The molecule has 0 bridgehead atoms. The number of aliphatic hydroxyl groups is 1. The van der Waals surface area contributed by atoms with Gasteiger partial charge in [-0.3, -0.25) is 9.59 Å². The monoisotopic (exact) mass is 245 g/mol. The molecule has 0 unspecified atom stereocenters. The number of fused-ring (bicyclic) bond motifs is 1. The summed E-state index contributed by atoms with van der Waals surface area (Å²) in [5.74, 6) is -0.681. The van der Waals surface area contributed by atoms with Gasteiger partial charge in [-0.05, 0) is 13.0 Å². The summed E-state index contributed by atoms with van der Waals surface area (Å²) in [5.41, 5.74) is -0.593. The second-order valence-corrected chi connectivity index (χ2v) is 4.46. The van der Waals surface area contributed by atoms with Gasteiger partial charge in [0.2, 0.25) is 0 Å². The van der Waals surface area contributed by atoms with Crippen LogP contribution in [-0.4, -0.2) is 23.3 Å². The zero-order valence-electron chi connectivity index (χ0n) is 10.2.